The van der Waals surface area contributed by atoms with Crippen LogP contribution in [0.4, 0.5) is 5.82 Å². The zero-order valence-electron chi connectivity index (χ0n) is 13.4. The fourth-order valence-electron chi connectivity index (χ4n) is 2.85. The largest absolute Gasteiger partial charge is 0.463 e. The maximum atomic E-state index is 12.6. The second-order valence-electron chi connectivity index (χ2n) is 5.76. The standard InChI is InChI=1S/C17H16ClN5O2/c18-12-3-4-16(19-11-12)22-5-7-23(8-6-22)17(24)14-10-13(20-21-14)15-2-1-9-25-15/h1-4,9-11H,5-8H2,(H,20,21). The SMILES string of the molecule is O=C(c1cc(-c2ccco2)[nH]n1)N1CCN(c2ccc(Cl)cn2)CC1. The number of carbonyl (C=O) groups excluding carboxylic acids is 1. The molecule has 8 heteroatoms. The van der Waals surface area contributed by atoms with Crippen LogP contribution in [-0.2, 0) is 0 Å². The monoisotopic (exact) mass is 357 g/mol. The zero-order valence-corrected chi connectivity index (χ0v) is 14.1. The molecule has 1 N–H and O–H groups in total. The molecule has 0 radical (unpaired) electrons. The minimum Gasteiger partial charge on any atom is -0.463 e. The average Bonchev–Trinajstić information content (AvgIpc) is 3.33. The van der Waals surface area contributed by atoms with Gasteiger partial charge >= 0.3 is 0 Å². The first-order valence-corrected chi connectivity index (χ1v) is 8.33. The van der Waals surface area contributed by atoms with Crippen molar-refractivity contribution in [1.29, 1.82) is 0 Å². The summed E-state index contributed by atoms with van der Waals surface area (Å²) < 4.78 is 5.31. The maximum Gasteiger partial charge on any atom is 0.274 e. The summed E-state index contributed by atoms with van der Waals surface area (Å²) in [6.07, 6.45) is 3.22. The summed E-state index contributed by atoms with van der Waals surface area (Å²) in [5.74, 6) is 1.44. The van der Waals surface area contributed by atoms with E-state index >= 15 is 0 Å². The molecule has 1 saturated heterocycles. The highest BCUT2D eigenvalue weighted by Gasteiger charge is 2.24. The maximum absolute atomic E-state index is 12.6. The van der Waals surface area contributed by atoms with Crippen LogP contribution in [0.2, 0.25) is 5.02 Å². The van der Waals surface area contributed by atoms with Crippen molar-refractivity contribution in [2.24, 2.45) is 0 Å². The van der Waals surface area contributed by atoms with Crippen molar-refractivity contribution < 1.29 is 9.21 Å². The van der Waals surface area contributed by atoms with E-state index in [2.05, 4.69) is 20.1 Å². The molecule has 25 heavy (non-hydrogen) atoms. The molecule has 4 rings (SSSR count). The molecular weight excluding hydrogens is 342 g/mol. The molecule has 0 unspecified atom stereocenters. The van der Waals surface area contributed by atoms with Crippen molar-refractivity contribution in [3.05, 3.63) is 53.5 Å². The highest BCUT2D eigenvalue weighted by molar-refractivity contribution is 6.30. The number of rotatable bonds is 3. The predicted octanol–water partition coefficient (Wildman–Crippen LogP) is 2.68. The van der Waals surface area contributed by atoms with Gasteiger partial charge in [-0.1, -0.05) is 11.6 Å². The van der Waals surface area contributed by atoms with E-state index in [-0.39, 0.29) is 5.91 Å². The van der Waals surface area contributed by atoms with E-state index in [0.29, 0.717) is 35.3 Å². The Hall–Kier alpha value is -2.80. The smallest absolute Gasteiger partial charge is 0.274 e. The molecule has 0 aliphatic carbocycles. The van der Waals surface area contributed by atoms with Crippen LogP contribution in [0.15, 0.2) is 47.2 Å². The lowest BCUT2D eigenvalue weighted by molar-refractivity contribution is 0.0740. The van der Waals surface area contributed by atoms with Crippen LogP contribution in [-0.4, -0.2) is 52.2 Å². The number of pyridine rings is 1. The first-order valence-electron chi connectivity index (χ1n) is 7.96. The van der Waals surface area contributed by atoms with Crippen LogP contribution in [0, 0.1) is 0 Å². The van der Waals surface area contributed by atoms with Gasteiger partial charge in [0.15, 0.2) is 11.5 Å². The van der Waals surface area contributed by atoms with E-state index in [1.807, 2.05) is 18.2 Å². The van der Waals surface area contributed by atoms with E-state index in [1.54, 1.807) is 29.5 Å². The number of hydrogen-bond acceptors (Lipinski definition) is 5. The van der Waals surface area contributed by atoms with Crippen molar-refractivity contribution in [3.63, 3.8) is 0 Å². The second-order valence-corrected chi connectivity index (χ2v) is 6.19. The van der Waals surface area contributed by atoms with Gasteiger partial charge in [0.2, 0.25) is 0 Å². The Balaban J connectivity index is 1.40. The normalized spacial score (nSPS) is 14.8. The lowest BCUT2D eigenvalue weighted by Gasteiger charge is -2.35. The number of hydrogen-bond donors (Lipinski definition) is 1. The molecule has 0 atom stereocenters. The highest BCUT2D eigenvalue weighted by Crippen LogP contribution is 2.20. The molecular formula is C17H16ClN5O2. The number of halogens is 1. The van der Waals surface area contributed by atoms with Crippen LogP contribution in [0.25, 0.3) is 11.5 Å². The quantitative estimate of drug-likeness (QED) is 0.779. The number of aromatic amines is 1. The van der Waals surface area contributed by atoms with Crippen molar-refractivity contribution >= 4 is 23.3 Å². The number of carbonyl (C=O) groups is 1. The lowest BCUT2D eigenvalue weighted by atomic mass is 10.2. The Bertz CT molecular complexity index is 852. The van der Waals surface area contributed by atoms with Gasteiger partial charge in [0.1, 0.15) is 11.5 Å². The number of H-pyrrole nitrogens is 1. The third-order valence-electron chi connectivity index (χ3n) is 4.19. The summed E-state index contributed by atoms with van der Waals surface area (Å²) >= 11 is 5.87. The highest BCUT2D eigenvalue weighted by atomic mass is 35.5. The number of aromatic nitrogens is 3. The number of anilines is 1. The summed E-state index contributed by atoms with van der Waals surface area (Å²) in [6.45, 7) is 2.67. The molecule has 128 valence electrons. The average molecular weight is 358 g/mol. The van der Waals surface area contributed by atoms with Gasteiger partial charge in [-0.2, -0.15) is 5.10 Å². The molecule has 1 aliphatic rings. The van der Waals surface area contributed by atoms with Crippen molar-refractivity contribution in [3.8, 4) is 11.5 Å². The summed E-state index contributed by atoms with van der Waals surface area (Å²) in [6, 6.07) is 9.04. The fourth-order valence-corrected chi connectivity index (χ4v) is 2.96. The number of nitrogens with one attached hydrogen (secondary N) is 1. The van der Waals surface area contributed by atoms with E-state index in [1.165, 1.54) is 0 Å². The molecule has 3 aromatic rings. The third-order valence-corrected chi connectivity index (χ3v) is 4.41. The molecule has 0 aromatic carbocycles. The molecule has 3 aromatic heterocycles. The summed E-state index contributed by atoms with van der Waals surface area (Å²) in [5.41, 5.74) is 1.09. The third kappa shape index (κ3) is 3.23. The van der Waals surface area contributed by atoms with Gasteiger partial charge in [-0.15, -0.1) is 0 Å². The second kappa shape index (κ2) is 6.60. The molecule has 1 aliphatic heterocycles. The molecule has 1 fully saturated rings. The Labute approximate surface area is 149 Å². The van der Waals surface area contributed by atoms with Crippen LogP contribution in [0.1, 0.15) is 10.5 Å². The summed E-state index contributed by atoms with van der Waals surface area (Å²) in [5, 5.41) is 7.58. The van der Waals surface area contributed by atoms with Gasteiger partial charge in [0.05, 0.1) is 11.3 Å². The number of furan rings is 1. The molecule has 1 amide bonds. The minimum absolute atomic E-state index is 0.0854. The predicted molar refractivity (Wildman–Crippen MR) is 93.7 cm³/mol. The Morgan fingerprint density at radius 2 is 2.04 bits per heavy atom. The van der Waals surface area contributed by atoms with Gasteiger partial charge in [-0.3, -0.25) is 9.89 Å². The van der Waals surface area contributed by atoms with Crippen molar-refractivity contribution in [2.75, 3.05) is 31.1 Å². The van der Waals surface area contributed by atoms with Crippen molar-refractivity contribution in [1.82, 2.24) is 20.1 Å². The Kier molecular flexibility index (Phi) is 4.15. The Morgan fingerprint density at radius 3 is 2.72 bits per heavy atom. The van der Waals surface area contributed by atoms with E-state index in [4.69, 9.17) is 16.0 Å². The first kappa shape index (κ1) is 15.7. The summed E-state index contributed by atoms with van der Waals surface area (Å²) in [7, 11) is 0. The fraction of sp³-hybridized carbons (Fsp3) is 0.235. The number of piperazine rings is 1. The minimum atomic E-state index is -0.0854. The van der Waals surface area contributed by atoms with Gasteiger partial charge in [-0.05, 0) is 24.3 Å². The number of nitrogens with zero attached hydrogens (tertiary/aromatic N) is 4. The molecule has 7 nitrogen and oxygen atoms in total. The van der Waals surface area contributed by atoms with E-state index in [9.17, 15) is 4.79 Å². The van der Waals surface area contributed by atoms with E-state index in [0.717, 1.165) is 18.9 Å². The Morgan fingerprint density at radius 1 is 1.20 bits per heavy atom. The van der Waals surface area contributed by atoms with Crippen LogP contribution >= 0.6 is 11.6 Å². The van der Waals surface area contributed by atoms with Crippen molar-refractivity contribution in [2.45, 2.75) is 0 Å². The van der Waals surface area contributed by atoms with Crippen LogP contribution < -0.4 is 4.90 Å². The summed E-state index contributed by atoms with van der Waals surface area (Å²) in [4.78, 5) is 20.9. The lowest BCUT2D eigenvalue weighted by Crippen LogP contribution is -2.49. The van der Waals surface area contributed by atoms with Crippen LogP contribution in [0.5, 0.6) is 0 Å². The van der Waals surface area contributed by atoms with Gasteiger partial charge < -0.3 is 14.2 Å². The molecule has 0 spiro atoms. The molecule has 0 saturated carbocycles. The molecule has 0 bridgehead atoms. The topological polar surface area (TPSA) is 78.3 Å². The number of amides is 1. The zero-order chi connectivity index (χ0) is 17.2. The first-order chi connectivity index (χ1) is 12.2. The van der Waals surface area contributed by atoms with Gasteiger partial charge in [0.25, 0.3) is 5.91 Å². The van der Waals surface area contributed by atoms with Crippen LogP contribution in [0.3, 0.4) is 0 Å². The van der Waals surface area contributed by atoms with Gasteiger partial charge in [-0.25, -0.2) is 4.98 Å². The van der Waals surface area contributed by atoms with Gasteiger partial charge in [0, 0.05) is 38.4 Å². The molecule has 4 heterocycles. The van der Waals surface area contributed by atoms with E-state index < -0.39 is 0 Å².